The highest BCUT2D eigenvalue weighted by Gasteiger charge is 2.28. The number of aromatic amines is 1. The van der Waals surface area contributed by atoms with Crippen LogP contribution in [0.2, 0.25) is 0 Å². The van der Waals surface area contributed by atoms with E-state index >= 15 is 0 Å². The minimum absolute atomic E-state index is 0.257. The van der Waals surface area contributed by atoms with Crippen molar-refractivity contribution in [1.82, 2.24) is 4.98 Å². The Morgan fingerprint density at radius 1 is 1.30 bits per heavy atom. The van der Waals surface area contributed by atoms with Gasteiger partial charge in [-0.1, -0.05) is 24.0 Å². The zero-order valence-corrected chi connectivity index (χ0v) is 15.1. The minimum Gasteiger partial charge on any atom is -0.493 e. The largest absolute Gasteiger partial charge is 0.493 e. The SMILES string of the molecule is COC(=O)C1CCOc2ccc(C#Cc3c[nH]c4c(F)c(C)ccc34)cc21. The molecular formula is C22H18FNO3. The summed E-state index contributed by atoms with van der Waals surface area (Å²) in [6.07, 6.45) is 2.29. The molecule has 1 atom stereocenters. The van der Waals surface area contributed by atoms with Crippen LogP contribution in [0.3, 0.4) is 0 Å². The summed E-state index contributed by atoms with van der Waals surface area (Å²) in [6, 6.07) is 9.15. The van der Waals surface area contributed by atoms with Crippen molar-refractivity contribution in [3.63, 3.8) is 0 Å². The molecule has 4 rings (SSSR count). The second-order valence-electron chi connectivity index (χ2n) is 6.54. The summed E-state index contributed by atoms with van der Waals surface area (Å²) < 4.78 is 24.7. The maximum atomic E-state index is 14.2. The van der Waals surface area contributed by atoms with Gasteiger partial charge in [-0.05, 0) is 37.1 Å². The number of nitrogens with one attached hydrogen (secondary N) is 1. The maximum Gasteiger partial charge on any atom is 0.313 e. The standard InChI is InChI=1S/C22H18FNO3/c1-13-3-7-16-15(12-24-21(16)20(13)23)6-4-14-5-8-19-18(11-14)17(9-10-27-19)22(25)26-2/h3,5,7-8,11-12,17,24H,9-10H2,1-2H3. The lowest BCUT2D eigenvalue weighted by atomic mass is 9.92. The van der Waals surface area contributed by atoms with Gasteiger partial charge < -0.3 is 14.5 Å². The van der Waals surface area contributed by atoms with Crippen molar-refractivity contribution in [2.24, 2.45) is 0 Å². The van der Waals surface area contributed by atoms with Crippen LogP contribution in [0.5, 0.6) is 5.75 Å². The summed E-state index contributed by atoms with van der Waals surface area (Å²) in [5.74, 6) is 6.01. The van der Waals surface area contributed by atoms with E-state index in [0.717, 1.165) is 22.1 Å². The van der Waals surface area contributed by atoms with Crippen LogP contribution < -0.4 is 4.74 Å². The third-order valence-corrected chi connectivity index (χ3v) is 4.86. The van der Waals surface area contributed by atoms with E-state index in [1.54, 1.807) is 19.2 Å². The van der Waals surface area contributed by atoms with Crippen LogP contribution in [-0.2, 0) is 9.53 Å². The Labute approximate surface area is 156 Å². The molecule has 0 radical (unpaired) electrons. The Balaban J connectivity index is 1.71. The molecular weight excluding hydrogens is 345 g/mol. The molecule has 0 fully saturated rings. The Hall–Kier alpha value is -3.26. The van der Waals surface area contributed by atoms with Crippen LogP contribution in [0.4, 0.5) is 4.39 Å². The van der Waals surface area contributed by atoms with Crippen molar-refractivity contribution >= 4 is 16.9 Å². The van der Waals surface area contributed by atoms with E-state index in [-0.39, 0.29) is 17.7 Å². The molecule has 2 aromatic carbocycles. The van der Waals surface area contributed by atoms with E-state index < -0.39 is 0 Å². The molecule has 0 bridgehead atoms. The van der Waals surface area contributed by atoms with Gasteiger partial charge >= 0.3 is 5.97 Å². The molecule has 5 heteroatoms. The number of hydrogen-bond donors (Lipinski definition) is 1. The van der Waals surface area contributed by atoms with Crippen LogP contribution in [0.1, 0.15) is 34.6 Å². The average molecular weight is 363 g/mol. The lowest BCUT2D eigenvalue weighted by Crippen LogP contribution is -2.22. The lowest BCUT2D eigenvalue weighted by Gasteiger charge is -2.24. The van der Waals surface area contributed by atoms with Crippen molar-refractivity contribution in [3.05, 3.63) is 64.6 Å². The smallest absolute Gasteiger partial charge is 0.313 e. The molecule has 136 valence electrons. The van der Waals surface area contributed by atoms with Crippen molar-refractivity contribution in [2.75, 3.05) is 13.7 Å². The van der Waals surface area contributed by atoms with Gasteiger partial charge in [0.15, 0.2) is 0 Å². The van der Waals surface area contributed by atoms with Crippen molar-refractivity contribution < 1.29 is 18.7 Å². The zero-order valence-electron chi connectivity index (χ0n) is 15.1. The third kappa shape index (κ3) is 3.04. The van der Waals surface area contributed by atoms with E-state index in [0.29, 0.717) is 29.9 Å². The number of carbonyl (C=O) groups excluding carboxylic acids is 1. The fraction of sp³-hybridized carbons (Fsp3) is 0.227. The Bertz CT molecular complexity index is 1100. The first-order chi connectivity index (χ1) is 13.1. The number of methoxy groups -OCH3 is 1. The minimum atomic E-state index is -0.342. The van der Waals surface area contributed by atoms with Crippen molar-refractivity contribution in [3.8, 4) is 17.6 Å². The number of esters is 1. The number of H-pyrrole nitrogens is 1. The summed E-state index contributed by atoms with van der Waals surface area (Å²) in [4.78, 5) is 15.0. The van der Waals surface area contributed by atoms with Crippen molar-refractivity contribution in [2.45, 2.75) is 19.3 Å². The van der Waals surface area contributed by atoms with E-state index in [1.807, 2.05) is 24.3 Å². The Morgan fingerprint density at radius 3 is 2.96 bits per heavy atom. The highest BCUT2D eigenvalue weighted by atomic mass is 19.1. The Kier molecular flexibility index (Phi) is 4.33. The summed E-state index contributed by atoms with van der Waals surface area (Å²) in [6.45, 7) is 2.21. The number of halogens is 1. The zero-order chi connectivity index (χ0) is 19.0. The van der Waals surface area contributed by atoms with Gasteiger partial charge in [-0.15, -0.1) is 0 Å². The van der Waals surface area contributed by atoms with E-state index in [2.05, 4.69) is 16.8 Å². The Morgan fingerprint density at radius 2 is 2.15 bits per heavy atom. The quantitative estimate of drug-likeness (QED) is 0.524. The summed E-state index contributed by atoms with van der Waals surface area (Å²) >= 11 is 0. The van der Waals surface area contributed by atoms with Gasteiger partial charge in [0.25, 0.3) is 0 Å². The molecule has 0 spiro atoms. The number of aryl methyl sites for hydroxylation is 1. The van der Waals surface area contributed by atoms with Crippen molar-refractivity contribution in [1.29, 1.82) is 0 Å². The molecule has 0 amide bonds. The van der Waals surface area contributed by atoms with Gasteiger partial charge in [0.05, 0.1) is 30.7 Å². The van der Waals surface area contributed by atoms with E-state index in [9.17, 15) is 9.18 Å². The molecule has 1 aliphatic rings. The summed E-state index contributed by atoms with van der Waals surface area (Å²) in [7, 11) is 1.39. The molecule has 2 heterocycles. The van der Waals surface area contributed by atoms with E-state index in [1.165, 1.54) is 7.11 Å². The predicted molar refractivity (Wildman–Crippen MR) is 100 cm³/mol. The molecule has 0 saturated heterocycles. The molecule has 3 aromatic rings. The summed E-state index contributed by atoms with van der Waals surface area (Å²) in [5.41, 5.74) is 3.33. The molecule has 27 heavy (non-hydrogen) atoms. The van der Waals surface area contributed by atoms with Gasteiger partial charge in [-0.2, -0.15) is 0 Å². The highest BCUT2D eigenvalue weighted by Crippen LogP contribution is 2.35. The molecule has 0 aliphatic carbocycles. The maximum absolute atomic E-state index is 14.2. The van der Waals surface area contributed by atoms with Crippen LogP contribution >= 0.6 is 0 Å². The van der Waals surface area contributed by atoms with Gasteiger partial charge in [0, 0.05) is 22.7 Å². The number of ether oxygens (including phenoxy) is 2. The van der Waals surface area contributed by atoms with Crippen LogP contribution in [-0.4, -0.2) is 24.7 Å². The van der Waals surface area contributed by atoms with Crippen LogP contribution in [0.15, 0.2) is 36.5 Å². The fourth-order valence-corrected chi connectivity index (χ4v) is 3.37. The topological polar surface area (TPSA) is 51.3 Å². The molecule has 1 unspecified atom stereocenters. The monoisotopic (exact) mass is 363 g/mol. The molecule has 0 saturated carbocycles. The van der Waals surface area contributed by atoms with Gasteiger partial charge in [-0.3, -0.25) is 4.79 Å². The summed E-state index contributed by atoms with van der Waals surface area (Å²) in [5, 5.41) is 0.749. The first kappa shape index (κ1) is 17.2. The van der Waals surface area contributed by atoms with Crippen LogP contribution in [0, 0.1) is 24.6 Å². The number of fused-ring (bicyclic) bond motifs is 2. The highest BCUT2D eigenvalue weighted by molar-refractivity contribution is 5.87. The normalized spacial score (nSPS) is 15.4. The number of carbonyl (C=O) groups is 1. The van der Waals surface area contributed by atoms with Crippen LogP contribution in [0.25, 0.3) is 10.9 Å². The number of rotatable bonds is 1. The fourth-order valence-electron chi connectivity index (χ4n) is 3.37. The van der Waals surface area contributed by atoms with Gasteiger partial charge in [0.2, 0.25) is 0 Å². The number of hydrogen-bond acceptors (Lipinski definition) is 3. The molecule has 1 aliphatic heterocycles. The third-order valence-electron chi connectivity index (χ3n) is 4.86. The van der Waals surface area contributed by atoms with E-state index in [4.69, 9.17) is 9.47 Å². The second-order valence-corrected chi connectivity index (χ2v) is 6.54. The number of aromatic nitrogens is 1. The van der Waals surface area contributed by atoms with Gasteiger partial charge in [-0.25, -0.2) is 4.39 Å². The predicted octanol–water partition coefficient (Wildman–Crippen LogP) is 4.05. The first-order valence-corrected chi connectivity index (χ1v) is 8.71. The lowest BCUT2D eigenvalue weighted by molar-refractivity contribution is -0.143. The average Bonchev–Trinajstić information content (AvgIpc) is 3.11. The molecule has 1 aromatic heterocycles. The second kappa shape index (κ2) is 6.81. The van der Waals surface area contributed by atoms with Gasteiger partial charge in [0.1, 0.15) is 11.6 Å². The number of benzene rings is 2. The molecule has 1 N–H and O–H groups in total. The first-order valence-electron chi connectivity index (χ1n) is 8.71. The molecule has 4 nitrogen and oxygen atoms in total.